The summed E-state index contributed by atoms with van der Waals surface area (Å²) >= 11 is 7.44. The number of carbonyl (C=O) groups is 1. The number of fused-ring (bicyclic) bond motifs is 1. The Labute approximate surface area is 210 Å². The number of piperidine rings is 1. The number of halogens is 1. The number of hydrogen-bond donors (Lipinski definition) is 2. The van der Waals surface area contributed by atoms with Crippen LogP contribution < -0.4 is 15.0 Å². The van der Waals surface area contributed by atoms with Crippen LogP contribution in [-0.4, -0.2) is 57.3 Å². The topological polar surface area (TPSA) is 113 Å². The van der Waals surface area contributed by atoms with Gasteiger partial charge in [-0.05, 0) is 44.0 Å². The van der Waals surface area contributed by atoms with Crippen LogP contribution in [0.15, 0.2) is 36.7 Å². The van der Waals surface area contributed by atoms with E-state index in [1.54, 1.807) is 6.07 Å². The zero-order valence-corrected chi connectivity index (χ0v) is 20.7. The maximum atomic E-state index is 13.3. The number of carbonyl (C=O) groups excluding carboxylic acids is 1. The quantitative estimate of drug-likeness (QED) is 0.381. The first-order valence-electron chi connectivity index (χ1n) is 11.1. The molecule has 1 aliphatic heterocycles. The van der Waals surface area contributed by atoms with Crippen LogP contribution in [0.2, 0.25) is 5.15 Å². The fourth-order valence-electron chi connectivity index (χ4n) is 4.05. The zero-order chi connectivity index (χ0) is 24.5. The molecule has 0 bridgehead atoms. The molecule has 35 heavy (non-hydrogen) atoms. The van der Waals surface area contributed by atoms with Crippen molar-refractivity contribution < 1.29 is 14.6 Å². The number of pyridine rings is 3. The summed E-state index contributed by atoms with van der Waals surface area (Å²) in [6.45, 7) is 3.36. The average molecular weight is 511 g/mol. The van der Waals surface area contributed by atoms with Crippen molar-refractivity contribution in [1.82, 2.24) is 19.9 Å². The number of rotatable bonds is 5. The molecule has 180 valence electrons. The lowest BCUT2D eigenvalue weighted by molar-refractivity contribution is 0.102. The van der Waals surface area contributed by atoms with E-state index in [0.29, 0.717) is 33.1 Å². The number of methoxy groups -OCH3 is 1. The molecule has 1 fully saturated rings. The molecule has 5 rings (SSSR count). The first-order valence-corrected chi connectivity index (χ1v) is 12.3. The number of hydrogen-bond acceptors (Lipinski definition) is 9. The largest absolute Gasteiger partial charge is 0.494 e. The maximum absolute atomic E-state index is 13.3. The number of aliphatic hydroxyl groups is 1. The molecule has 0 aliphatic carbocycles. The van der Waals surface area contributed by atoms with Gasteiger partial charge in [-0.15, -0.1) is 0 Å². The summed E-state index contributed by atoms with van der Waals surface area (Å²) < 4.78 is 5.44. The van der Waals surface area contributed by atoms with Gasteiger partial charge < -0.3 is 14.7 Å². The number of amides is 1. The molecule has 0 unspecified atom stereocenters. The number of aromatic nitrogens is 4. The van der Waals surface area contributed by atoms with Crippen LogP contribution in [-0.2, 0) is 0 Å². The van der Waals surface area contributed by atoms with Gasteiger partial charge in [-0.1, -0.05) is 22.9 Å². The van der Waals surface area contributed by atoms with Crippen molar-refractivity contribution in [3.63, 3.8) is 0 Å². The van der Waals surface area contributed by atoms with Crippen LogP contribution in [0.25, 0.3) is 21.5 Å². The third kappa shape index (κ3) is 4.90. The van der Waals surface area contributed by atoms with Gasteiger partial charge in [-0.2, -0.15) is 0 Å². The highest BCUT2D eigenvalue weighted by molar-refractivity contribution is 7.22. The Kier molecular flexibility index (Phi) is 6.50. The van der Waals surface area contributed by atoms with E-state index < -0.39 is 0 Å². The molecule has 9 nitrogen and oxygen atoms in total. The minimum atomic E-state index is -0.355. The van der Waals surface area contributed by atoms with Gasteiger partial charge in [0.1, 0.15) is 27.1 Å². The molecule has 0 spiro atoms. The van der Waals surface area contributed by atoms with Crippen LogP contribution >= 0.6 is 22.9 Å². The Morgan fingerprint density at radius 3 is 2.74 bits per heavy atom. The van der Waals surface area contributed by atoms with Crippen LogP contribution in [0.3, 0.4) is 0 Å². The monoisotopic (exact) mass is 510 g/mol. The normalized spacial score (nSPS) is 14.3. The molecule has 1 saturated heterocycles. The van der Waals surface area contributed by atoms with Crippen LogP contribution in [0.4, 0.5) is 10.9 Å². The second kappa shape index (κ2) is 9.73. The highest BCUT2D eigenvalue weighted by Gasteiger charge is 2.21. The molecular formula is C24H23ClN6O3S. The lowest BCUT2D eigenvalue weighted by atomic mass is 10.0. The van der Waals surface area contributed by atoms with Crippen LogP contribution in [0, 0.1) is 6.92 Å². The first kappa shape index (κ1) is 23.4. The van der Waals surface area contributed by atoms with Crippen molar-refractivity contribution in [2.24, 2.45) is 0 Å². The van der Waals surface area contributed by atoms with Gasteiger partial charge in [0.2, 0.25) is 0 Å². The van der Waals surface area contributed by atoms with E-state index in [9.17, 15) is 9.90 Å². The summed E-state index contributed by atoms with van der Waals surface area (Å²) in [5.41, 5.74) is 3.08. The van der Waals surface area contributed by atoms with Crippen molar-refractivity contribution in [2.45, 2.75) is 25.9 Å². The molecule has 4 aromatic heterocycles. The summed E-state index contributed by atoms with van der Waals surface area (Å²) in [5, 5.41) is 13.4. The number of aryl methyl sites for hydroxylation is 1. The lowest BCUT2D eigenvalue weighted by Gasteiger charge is -2.30. The molecule has 0 saturated carbocycles. The Morgan fingerprint density at radius 2 is 1.97 bits per heavy atom. The highest BCUT2D eigenvalue weighted by atomic mass is 35.5. The Morgan fingerprint density at radius 1 is 1.17 bits per heavy atom. The summed E-state index contributed by atoms with van der Waals surface area (Å²) in [6.07, 6.45) is 4.26. The van der Waals surface area contributed by atoms with Gasteiger partial charge in [-0.3, -0.25) is 15.1 Å². The summed E-state index contributed by atoms with van der Waals surface area (Å²) in [5.74, 6) is 0.986. The van der Waals surface area contributed by atoms with E-state index >= 15 is 0 Å². The van der Waals surface area contributed by atoms with E-state index in [2.05, 4.69) is 25.2 Å². The summed E-state index contributed by atoms with van der Waals surface area (Å²) in [6, 6.07) is 7.30. The number of ether oxygens (including phenoxy) is 1. The van der Waals surface area contributed by atoms with Crippen molar-refractivity contribution in [3.8, 4) is 16.9 Å². The number of thiazole rings is 1. The molecule has 0 atom stereocenters. The smallest absolute Gasteiger partial charge is 0.259 e. The third-order valence-corrected chi connectivity index (χ3v) is 6.97. The van der Waals surface area contributed by atoms with Gasteiger partial charge >= 0.3 is 0 Å². The second-order valence-corrected chi connectivity index (χ2v) is 9.63. The Hall–Kier alpha value is -3.34. The van der Waals surface area contributed by atoms with Crippen molar-refractivity contribution in [1.29, 1.82) is 0 Å². The molecule has 0 aromatic carbocycles. The Bertz CT molecular complexity index is 1400. The second-order valence-electron chi connectivity index (χ2n) is 8.26. The lowest BCUT2D eigenvalue weighted by Crippen LogP contribution is -2.36. The number of nitrogens with one attached hydrogen (secondary N) is 1. The standard InChI is InChI=1S/C24H23ClN6O3S/c1-13-9-15(16-10-20(25)27-12-19(16)34-2)17(11-26-13)22(33)30-24-28-18-3-4-21(29-23(18)35-24)31-7-5-14(32)6-8-31/h3-4,9-12,14,32H,5-8H2,1-2H3,(H,28,30,33). The van der Waals surface area contributed by atoms with E-state index in [4.69, 9.17) is 21.3 Å². The molecule has 5 heterocycles. The molecule has 11 heteroatoms. The van der Waals surface area contributed by atoms with Gasteiger partial charge in [0.15, 0.2) is 5.13 Å². The Balaban J connectivity index is 1.43. The fourth-order valence-corrected chi connectivity index (χ4v) is 5.04. The SMILES string of the molecule is COc1cnc(Cl)cc1-c1cc(C)ncc1C(=O)Nc1nc2ccc(N3CCC(O)CC3)nc2s1. The first-order chi connectivity index (χ1) is 16.9. The minimum Gasteiger partial charge on any atom is -0.494 e. The van der Waals surface area contributed by atoms with Crippen molar-refractivity contribution >= 4 is 50.1 Å². The highest BCUT2D eigenvalue weighted by Crippen LogP contribution is 2.35. The number of anilines is 2. The van der Waals surface area contributed by atoms with Gasteiger partial charge in [0.25, 0.3) is 5.91 Å². The maximum Gasteiger partial charge on any atom is 0.259 e. The molecular weight excluding hydrogens is 488 g/mol. The minimum absolute atomic E-state index is 0.246. The molecule has 2 N–H and O–H groups in total. The van der Waals surface area contributed by atoms with E-state index in [1.165, 1.54) is 30.8 Å². The summed E-state index contributed by atoms with van der Waals surface area (Å²) in [7, 11) is 1.54. The molecule has 1 amide bonds. The third-order valence-electron chi connectivity index (χ3n) is 5.88. The van der Waals surface area contributed by atoms with Crippen LogP contribution in [0.5, 0.6) is 5.75 Å². The van der Waals surface area contributed by atoms with Crippen molar-refractivity contribution in [2.75, 3.05) is 30.4 Å². The molecule has 4 aromatic rings. The van der Waals surface area contributed by atoms with Crippen LogP contribution in [0.1, 0.15) is 28.9 Å². The zero-order valence-electron chi connectivity index (χ0n) is 19.2. The van der Waals surface area contributed by atoms with E-state index in [1.807, 2.05) is 25.1 Å². The predicted octanol–water partition coefficient (Wildman–Crippen LogP) is 4.33. The predicted molar refractivity (Wildman–Crippen MR) is 137 cm³/mol. The van der Waals surface area contributed by atoms with Gasteiger partial charge in [0, 0.05) is 36.1 Å². The van der Waals surface area contributed by atoms with E-state index in [-0.39, 0.29) is 17.2 Å². The summed E-state index contributed by atoms with van der Waals surface area (Å²) in [4.78, 5) is 33.8. The van der Waals surface area contributed by atoms with Gasteiger partial charge in [0.05, 0.1) is 25.0 Å². The number of aliphatic hydroxyl groups excluding tert-OH is 1. The fraction of sp³-hybridized carbons (Fsp3) is 0.292. The molecule has 0 radical (unpaired) electrons. The number of nitrogens with zero attached hydrogens (tertiary/aromatic N) is 5. The van der Waals surface area contributed by atoms with Crippen molar-refractivity contribution in [3.05, 3.63) is 53.1 Å². The molecule has 1 aliphatic rings. The average Bonchev–Trinajstić information content (AvgIpc) is 3.25. The van der Waals surface area contributed by atoms with E-state index in [0.717, 1.165) is 42.3 Å². The van der Waals surface area contributed by atoms with Gasteiger partial charge in [-0.25, -0.2) is 15.0 Å².